The lowest BCUT2D eigenvalue weighted by atomic mass is 9.99. The second-order valence-electron chi connectivity index (χ2n) is 4.51. The van der Waals surface area contributed by atoms with Crippen LogP contribution in [0.2, 0.25) is 0 Å². The van der Waals surface area contributed by atoms with Gasteiger partial charge in [0, 0.05) is 0 Å². The summed E-state index contributed by atoms with van der Waals surface area (Å²) >= 11 is 0. The number of Topliss-reactive ketones (excluding diaryl/α,β-unsaturated/α-hetero) is 1. The number of aryl methyl sites for hydroxylation is 1. The Kier molecular flexibility index (Phi) is 6.18. The van der Waals surface area contributed by atoms with Gasteiger partial charge >= 0.3 is 5.97 Å². The molecule has 0 bridgehead atoms. The zero-order chi connectivity index (χ0) is 15.1. The minimum atomic E-state index is -1.00. The zero-order valence-corrected chi connectivity index (χ0v) is 12.1. The summed E-state index contributed by atoms with van der Waals surface area (Å²) in [6, 6.07) is 4.61. The van der Waals surface area contributed by atoms with E-state index in [1.54, 1.807) is 12.1 Å². The number of rotatable bonds is 8. The van der Waals surface area contributed by atoms with Gasteiger partial charge in [0.05, 0.1) is 24.6 Å². The third-order valence-corrected chi connectivity index (χ3v) is 2.85. The van der Waals surface area contributed by atoms with Crippen molar-refractivity contribution in [1.82, 2.24) is 5.32 Å². The number of ketones is 1. The molecule has 0 spiro atoms. The van der Waals surface area contributed by atoms with Crippen LogP contribution >= 0.6 is 0 Å². The molecule has 110 valence electrons. The van der Waals surface area contributed by atoms with Crippen molar-refractivity contribution in [3.63, 3.8) is 0 Å². The second kappa shape index (κ2) is 7.65. The number of benzene rings is 1. The monoisotopic (exact) mass is 279 g/mol. The van der Waals surface area contributed by atoms with Gasteiger partial charge in [-0.3, -0.25) is 9.59 Å². The summed E-state index contributed by atoms with van der Waals surface area (Å²) in [5.74, 6) is -0.757. The van der Waals surface area contributed by atoms with Gasteiger partial charge in [-0.2, -0.15) is 0 Å². The molecule has 1 rings (SSSR count). The normalized spacial score (nSPS) is 11.9. The highest BCUT2D eigenvalue weighted by Crippen LogP contribution is 2.22. The van der Waals surface area contributed by atoms with Crippen LogP contribution in [0, 0.1) is 6.92 Å². The van der Waals surface area contributed by atoms with E-state index in [1.807, 2.05) is 26.8 Å². The fraction of sp³-hybridized carbons (Fsp3) is 0.467. The molecule has 0 saturated carbocycles. The Morgan fingerprint density at radius 3 is 2.60 bits per heavy atom. The van der Waals surface area contributed by atoms with Crippen LogP contribution < -0.4 is 10.1 Å². The average molecular weight is 279 g/mol. The highest BCUT2D eigenvalue weighted by atomic mass is 16.5. The number of ether oxygens (including phenoxy) is 1. The maximum atomic E-state index is 12.5. The van der Waals surface area contributed by atoms with Crippen molar-refractivity contribution in [2.24, 2.45) is 0 Å². The van der Waals surface area contributed by atoms with Gasteiger partial charge in [-0.1, -0.05) is 18.6 Å². The van der Waals surface area contributed by atoms with E-state index in [2.05, 4.69) is 5.32 Å². The quantitative estimate of drug-likeness (QED) is 0.712. The molecule has 0 amide bonds. The van der Waals surface area contributed by atoms with Crippen LogP contribution in [0.15, 0.2) is 18.2 Å². The molecule has 0 aliphatic rings. The van der Waals surface area contributed by atoms with Crippen molar-refractivity contribution in [2.75, 3.05) is 13.2 Å². The molecule has 0 aromatic heterocycles. The van der Waals surface area contributed by atoms with Crippen molar-refractivity contribution in [2.45, 2.75) is 33.2 Å². The molecule has 2 N–H and O–H groups in total. The van der Waals surface area contributed by atoms with E-state index >= 15 is 0 Å². The number of nitrogens with one attached hydrogen (secondary N) is 1. The van der Waals surface area contributed by atoms with Gasteiger partial charge in [0.15, 0.2) is 5.78 Å². The molecule has 5 nitrogen and oxygen atoms in total. The Balaban J connectivity index is 3.08. The van der Waals surface area contributed by atoms with Crippen LogP contribution in [0.4, 0.5) is 0 Å². The number of aliphatic carboxylic acids is 1. The van der Waals surface area contributed by atoms with Crippen LogP contribution in [0.5, 0.6) is 5.75 Å². The van der Waals surface area contributed by atoms with Gasteiger partial charge in [-0.05, 0) is 32.5 Å². The smallest absolute Gasteiger partial charge is 0.305 e. The first-order chi connectivity index (χ1) is 9.49. The molecule has 0 fully saturated rings. The molecule has 0 aliphatic carbocycles. The van der Waals surface area contributed by atoms with Crippen molar-refractivity contribution < 1.29 is 19.4 Å². The summed E-state index contributed by atoms with van der Waals surface area (Å²) in [7, 11) is 0. The summed E-state index contributed by atoms with van der Waals surface area (Å²) < 4.78 is 5.45. The van der Waals surface area contributed by atoms with E-state index in [-0.39, 0.29) is 12.2 Å². The van der Waals surface area contributed by atoms with Crippen LogP contribution in [-0.2, 0) is 4.79 Å². The number of hydrogen-bond acceptors (Lipinski definition) is 4. The highest BCUT2D eigenvalue weighted by Gasteiger charge is 2.24. The third-order valence-electron chi connectivity index (χ3n) is 2.85. The van der Waals surface area contributed by atoms with E-state index in [4.69, 9.17) is 9.84 Å². The Bertz CT molecular complexity index is 485. The summed E-state index contributed by atoms with van der Waals surface area (Å²) in [4.78, 5) is 23.4. The third kappa shape index (κ3) is 4.35. The first-order valence-electron chi connectivity index (χ1n) is 6.72. The standard InChI is InChI=1S/C15H21NO4/c1-4-16-12(9-14(17)18)15(19)11-8-10(3)6-7-13(11)20-5-2/h6-8,12,16H,4-5,9H2,1-3H3,(H,17,18). The molecule has 0 heterocycles. The van der Waals surface area contributed by atoms with Crippen LogP contribution in [-0.4, -0.2) is 36.1 Å². The number of hydrogen-bond donors (Lipinski definition) is 2. The van der Waals surface area contributed by atoms with Crippen molar-refractivity contribution in [3.8, 4) is 5.75 Å². The highest BCUT2D eigenvalue weighted by molar-refractivity contribution is 6.04. The van der Waals surface area contributed by atoms with E-state index in [0.29, 0.717) is 24.5 Å². The summed E-state index contributed by atoms with van der Waals surface area (Å²) in [6.45, 7) is 6.54. The predicted octanol–water partition coefficient (Wildman–Crippen LogP) is 2.03. The number of carboxylic acid groups (broad SMARTS) is 1. The van der Waals surface area contributed by atoms with E-state index in [1.165, 1.54) is 0 Å². The van der Waals surface area contributed by atoms with Gasteiger partial charge in [-0.25, -0.2) is 0 Å². The molecule has 5 heteroatoms. The lowest BCUT2D eigenvalue weighted by Crippen LogP contribution is -2.38. The van der Waals surface area contributed by atoms with Crippen LogP contribution in [0.25, 0.3) is 0 Å². The van der Waals surface area contributed by atoms with Gasteiger partial charge in [0.2, 0.25) is 0 Å². The molecular weight excluding hydrogens is 258 g/mol. The number of carbonyl (C=O) groups is 2. The Labute approximate surface area is 118 Å². The van der Waals surface area contributed by atoms with Gasteiger partial charge < -0.3 is 15.2 Å². The van der Waals surface area contributed by atoms with E-state index in [0.717, 1.165) is 5.56 Å². The molecule has 1 atom stereocenters. The molecule has 0 radical (unpaired) electrons. The maximum absolute atomic E-state index is 12.5. The van der Waals surface area contributed by atoms with Crippen molar-refractivity contribution >= 4 is 11.8 Å². The first-order valence-corrected chi connectivity index (χ1v) is 6.72. The van der Waals surface area contributed by atoms with Gasteiger partial charge in [0.25, 0.3) is 0 Å². The SMILES string of the molecule is CCNC(CC(=O)O)C(=O)c1cc(C)ccc1OCC. The predicted molar refractivity (Wildman–Crippen MR) is 76.4 cm³/mol. The van der Waals surface area contributed by atoms with Gasteiger partial charge in [-0.15, -0.1) is 0 Å². The van der Waals surface area contributed by atoms with E-state index < -0.39 is 12.0 Å². The average Bonchev–Trinajstić information content (AvgIpc) is 2.39. The largest absolute Gasteiger partial charge is 0.493 e. The van der Waals surface area contributed by atoms with Crippen molar-refractivity contribution in [3.05, 3.63) is 29.3 Å². The van der Waals surface area contributed by atoms with Crippen LogP contribution in [0.1, 0.15) is 36.2 Å². The lowest BCUT2D eigenvalue weighted by molar-refractivity contribution is -0.137. The molecule has 0 saturated heterocycles. The van der Waals surface area contributed by atoms with Gasteiger partial charge in [0.1, 0.15) is 5.75 Å². The Morgan fingerprint density at radius 2 is 2.05 bits per heavy atom. The maximum Gasteiger partial charge on any atom is 0.305 e. The molecule has 1 unspecified atom stereocenters. The Morgan fingerprint density at radius 1 is 1.35 bits per heavy atom. The Hall–Kier alpha value is -1.88. The number of carbonyl (C=O) groups excluding carboxylic acids is 1. The zero-order valence-electron chi connectivity index (χ0n) is 12.1. The van der Waals surface area contributed by atoms with E-state index in [9.17, 15) is 9.59 Å². The molecule has 20 heavy (non-hydrogen) atoms. The fourth-order valence-corrected chi connectivity index (χ4v) is 1.98. The molecule has 1 aromatic carbocycles. The van der Waals surface area contributed by atoms with Crippen molar-refractivity contribution in [1.29, 1.82) is 0 Å². The topological polar surface area (TPSA) is 75.6 Å². The second-order valence-corrected chi connectivity index (χ2v) is 4.51. The lowest BCUT2D eigenvalue weighted by Gasteiger charge is -2.17. The summed E-state index contributed by atoms with van der Waals surface area (Å²) in [5, 5.41) is 11.8. The molecule has 1 aromatic rings. The first kappa shape index (κ1) is 16.2. The fourth-order valence-electron chi connectivity index (χ4n) is 1.98. The minimum absolute atomic E-state index is 0.244. The molecule has 0 aliphatic heterocycles. The summed E-state index contributed by atoms with van der Waals surface area (Å²) in [5.41, 5.74) is 1.36. The summed E-state index contributed by atoms with van der Waals surface area (Å²) in [6.07, 6.45) is -0.244. The van der Waals surface area contributed by atoms with Crippen LogP contribution in [0.3, 0.4) is 0 Å². The number of likely N-dealkylation sites (N-methyl/N-ethyl adjacent to an activating group) is 1. The minimum Gasteiger partial charge on any atom is -0.493 e. The molecular formula is C15H21NO4. The number of carboxylic acids is 1.